The Balaban J connectivity index is 1.64. The first-order valence-electron chi connectivity index (χ1n) is 9.29. The van der Waals surface area contributed by atoms with E-state index in [0.717, 1.165) is 29.9 Å². The van der Waals surface area contributed by atoms with Gasteiger partial charge in [0.2, 0.25) is 11.8 Å². The first kappa shape index (κ1) is 15.6. The van der Waals surface area contributed by atoms with Crippen LogP contribution in [0.5, 0.6) is 0 Å². The third-order valence-electron chi connectivity index (χ3n) is 6.17. The Kier molecular flexibility index (Phi) is 3.26. The van der Waals surface area contributed by atoms with E-state index in [1.807, 2.05) is 47.0 Å². The Morgan fingerprint density at radius 1 is 1.35 bits per heavy atom. The number of nitrogens with zero attached hydrogens (tertiary/aromatic N) is 3. The Bertz CT molecular complexity index is 901. The zero-order chi connectivity index (χ0) is 17.9. The van der Waals surface area contributed by atoms with Crippen LogP contribution in [-0.2, 0) is 22.1 Å². The predicted molar refractivity (Wildman–Crippen MR) is 96.4 cm³/mol. The number of nitrogens with one attached hydrogen (secondary N) is 1. The molecule has 2 aromatic rings. The number of carbonyl (C=O) groups excluding carboxylic acids is 2. The molecule has 5 rings (SSSR count). The van der Waals surface area contributed by atoms with Gasteiger partial charge >= 0.3 is 0 Å². The Labute approximate surface area is 152 Å². The standard InChI is InChI=1S/C20H22N4O2/c1-23-11-9-21-18(23)17-20(8-10-24(17)16(25)12-13-6-7-13)14-4-2-3-5-15(14)22-19(20)26/h2-5,9,11,13,17H,6-8,10,12H2,1H3,(H,22,26)/t17-,20+/m0/s1. The summed E-state index contributed by atoms with van der Waals surface area (Å²) in [6.45, 7) is 0.588. The van der Waals surface area contributed by atoms with E-state index in [9.17, 15) is 9.59 Å². The number of hydrogen-bond acceptors (Lipinski definition) is 3. The van der Waals surface area contributed by atoms with Crippen LogP contribution in [0.3, 0.4) is 0 Å². The van der Waals surface area contributed by atoms with Crippen molar-refractivity contribution in [3.8, 4) is 0 Å². The molecule has 1 saturated carbocycles. The molecule has 1 spiro atoms. The van der Waals surface area contributed by atoms with Crippen LogP contribution in [0.25, 0.3) is 0 Å². The minimum absolute atomic E-state index is 0.0200. The maximum absolute atomic E-state index is 13.2. The summed E-state index contributed by atoms with van der Waals surface area (Å²) >= 11 is 0. The highest BCUT2D eigenvalue weighted by Crippen LogP contribution is 2.54. The molecule has 0 bridgehead atoms. The van der Waals surface area contributed by atoms with Crippen molar-refractivity contribution in [2.75, 3.05) is 11.9 Å². The average Bonchev–Trinajstić information content (AvgIpc) is 3.10. The van der Waals surface area contributed by atoms with Gasteiger partial charge in [0.25, 0.3) is 0 Å². The molecular weight excluding hydrogens is 328 g/mol. The van der Waals surface area contributed by atoms with E-state index in [4.69, 9.17) is 0 Å². The van der Waals surface area contributed by atoms with Crippen LogP contribution in [0.1, 0.15) is 43.1 Å². The second-order valence-corrected chi connectivity index (χ2v) is 7.75. The fourth-order valence-corrected chi connectivity index (χ4v) is 4.64. The molecule has 26 heavy (non-hydrogen) atoms. The number of fused-ring (bicyclic) bond motifs is 2. The van der Waals surface area contributed by atoms with Gasteiger partial charge in [-0.1, -0.05) is 18.2 Å². The normalized spacial score (nSPS) is 27.0. The van der Waals surface area contributed by atoms with Crippen LogP contribution >= 0.6 is 0 Å². The molecule has 2 amide bonds. The highest BCUT2D eigenvalue weighted by Gasteiger charge is 2.60. The molecule has 1 aromatic carbocycles. The summed E-state index contributed by atoms with van der Waals surface area (Å²) in [4.78, 5) is 32.7. The number of rotatable bonds is 3. The average molecular weight is 350 g/mol. The number of benzene rings is 1. The molecule has 1 saturated heterocycles. The van der Waals surface area contributed by atoms with Gasteiger partial charge in [0, 0.05) is 38.1 Å². The summed E-state index contributed by atoms with van der Waals surface area (Å²) in [7, 11) is 1.93. The van der Waals surface area contributed by atoms with Crippen molar-refractivity contribution in [1.82, 2.24) is 14.5 Å². The van der Waals surface area contributed by atoms with Gasteiger partial charge < -0.3 is 14.8 Å². The van der Waals surface area contributed by atoms with Crippen molar-refractivity contribution >= 4 is 17.5 Å². The molecule has 134 valence electrons. The largest absolute Gasteiger partial charge is 0.336 e. The lowest BCUT2D eigenvalue weighted by Gasteiger charge is -2.33. The number of anilines is 1. The van der Waals surface area contributed by atoms with E-state index >= 15 is 0 Å². The third kappa shape index (κ3) is 2.08. The van der Waals surface area contributed by atoms with Gasteiger partial charge in [-0.05, 0) is 36.8 Å². The topological polar surface area (TPSA) is 67.2 Å². The zero-order valence-electron chi connectivity index (χ0n) is 14.8. The summed E-state index contributed by atoms with van der Waals surface area (Å²) < 4.78 is 1.93. The summed E-state index contributed by atoms with van der Waals surface area (Å²) in [6.07, 6.45) is 7.11. The molecule has 3 aliphatic rings. The van der Waals surface area contributed by atoms with Crippen molar-refractivity contribution in [2.24, 2.45) is 13.0 Å². The number of para-hydroxylation sites is 1. The first-order valence-corrected chi connectivity index (χ1v) is 9.29. The number of carbonyl (C=O) groups is 2. The first-order chi connectivity index (χ1) is 12.6. The van der Waals surface area contributed by atoms with Crippen molar-refractivity contribution in [2.45, 2.75) is 37.1 Å². The Morgan fingerprint density at radius 2 is 2.15 bits per heavy atom. The molecule has 2 fully saturated rings. The molecule has 2 aliphatic heterocycles. The Hall–Kier alpha value is -2.63. The lowest BCUT2D eigenvalue weighted by atomic mass is 9.74. The van der Waals surface area contributed by atoms with Crippen molar-refractivity contribution in [1.29, 1.82) is 0 Å². The predicted octanol–water partition coefficient (Wildman–Crippen LogP) is 2.38. The van der Waals surface area contributed by atoms with Crippen molar-refractivity contribution in [3.05, 3.63) is 48.0 Å². The third-order valence-corrected chi connectivity index (χ3v) is 6.17. The SMILES string of the molecule is Cn1ccnc1[C@@H]1N(C(=O)CC2CC2)CC[C@]12C(=O)Nc1ccccc12. The van der Waals surface area contributed by atoms with Crippen LogP contribution in [0, 0.1) is 5.92 Å². The summed E-state index contributed by atoms with van der Waals surface area (Å²) in [5.74, 6) is 1.42. The van der Waals surface area contributed by atoms with Crippen molar-refractivity contribution < 1.29 is 9.59 Å². The molecule has 0 radical (unpaired) electrons. The van der Waals surface area contributed by atoms with E-state index in [2.05, 4.69) is 10.3 Å². The van der Waals surface area contributed by atoms with Gasteiger partial charge in [-0.2, -0.15) is 0 Å². The molecule has 2 atom stereocenters. The molecule has 6 nitrogen and oxygen atoms in total. The number of aromatic nitrogens is 2. The van der Waals surface area contributed by atoms with E-state index < -0.39 is 5.41 Å². The van der Waals surface area contributed by atoms with Crippen molar-refractivity contribution in [3.63, 3.8) is 0 Å². The van der Waals surface area contributed by atoms with Gasteiger partial charge in [-0.3, -0.25) is 9.59 Å². The number of likely N-dealkylation sites (tertiary alicyclic amines) is 1. The zero-order valence-corrected chi connectivity index (χ0v) is 14.8. The number of aryl methyl sites for hydroxylation is 1. The smallest absolute Gasteiger partial charge is 0.237 e. The van der Waals surface area contributed by atoms with Gasteiger partial charge in [0.15, 0.2) is 0 Å². The molecule has 3 heterocycles. The number of imidazole rings is 1. The van der Waals surface area contributed by atoms with E-state index in [-0.39, 0.29) is 17.9 Å². The van der Waals surface area contributed by atoms with Gasteiger partial charge in [-0.25, -0.2) is 4.98 Å². The van der Waals surface area contributed by atoms with Crippen LogP contribution in [0.4, 0.5) is 5.69 Å². The van der Waals surface area contributed by atoms with Gasteiger partial charge in [0.05, 0.1) is 0 Å². The lowest BCUT2D eigenvalue weighted by Crippen LogP contribution is -2.43. The molecule has 0 unspecified atom stereocenters. The monoisotopic (exact) mass is 350 g/mol. The van der Waals surface area contributed by atoms with E-state index in [1.165, 1.54) is 0 Å². The van der Waals surface area contributed by atoms with Crippen LogP contribution in [-0.4, -0.2) is 32.8 Å². The molecule has 1 aromatic heterocycles. The maximum atomic E-state index is 13.2. The minimum Gasteiger partial charge on any atom is -0.336 e. The minimum atomic E-state index is -0.755. The number of amides is 2. The summed E-state index contributed by atoms with van der Waals surface area (Å²) in [5, 5.41) is 3.04. The number of hydrogen-bond donors (Lipinski definition) is 1. The van der Waals surface area contributed by atoms with Gasteiger partial charge in [0.1, 0.15) is 17.3 Å². The second-order valence-electron chi connectivity index (χ2n) is 7.75. The Morgan fingerprint density at radius 3 is 2.88 bits per heavy atom. The molecule has 1 aliphatic carbocycles. The molecule has 6 heteroatoms. The molecule has 1 N–H and O–H groups in total. The van der Waals surface area contributed by atoms with Crippen LogP contribution in [0.2, 0.25) is 0 Å². The van der Waals surface area contributed by atoms with Crippen LogP contribution < -0.4 is 5.32 Å². The van der Waals surface area contributed by atoms with Gasteiger partial charge in [-0.15, -0.1) is 0 Å². The lowest BCUT2D eigenvalue weighted by molar-refractivity contribution is -0.134. The van der Waals surface area contributed by atoms with E-state index in [0.29, 0.717) is 25.3 Å². The highest BCUT2D eigenvalue weighted by atomic mass is 16.2. The second kappa shape index (κ2) is 5.43. The highest BCUT2D eigenvalue weighted by molar-refractivity contribution is 6.07. The summed E-state index contributed by atoms with van der Waals surface area (Å²) in [6, 6.07) is 7.48. The molecular formula is C20H22N4O2. The maximum Gasteiger partial charge on any atom is 0.237 e. The fourth-order valence-electron chi connectivity index (χ4n) is 4.64. The van der Waals surface area contributed by atoms with Crippen LogP contribution in [0.15, 0.2) is 36.7 Å². The quantitative estimate of drug-likeness (QED) is 0.924. The van der Waals surface area contributed by atoms with E-state index in [1.54, 1.807) is 6.20 Å². The fraction of sp³-hybridized carbons (Fsp3) is 0.450. The summed E-state index contributed by atoms with van der Waals surface area (Å²) in [5.41, 5.74) is 1.09.